The van der Waals surface area contributed by atoms with Gasteiger partial charge in [-0.25, -0.2) is 14.3 Å². The van der Waals surface area contributed by atoms with Gasteiger partial charge in [-0.15, -0.1) is 0 Å². The highest BCUT2D eigenvalue weighted by Gasteiger charge is 2.75. The molecule has 9 heteroatoms. The fraction of sp³-hybridized carbons (Fsp3) is 0.643. The van der Waals surface area contributed by atoms with Crippen molar-refractivity contribution in [3.8, 4) is 0 Å². The summed E-state index contributed by atoms with van der Waals surface area (Å²) in [5, 5.41) is 7.34. The van der Waals surface area contributed by atoms with Crippen LogP contribution in [0.5, 0.6) is 0 Å². The van der Waals surface area contributed by atoms with Gasteiger partial charge in [0, 0.05) is 62.7 Å². The summed E-state index contributed by atoms with van der Waals surface area (Å²) >= 11 is 0. The number of amides is 2. The summed E-state index contributed by atoms with van der Waals surface area (Å²) in [7, 11) is 5.96. The van der Waals surface area contributed by atoms with Gasteiger partial charge in [-0.2, -0.15) is 5.10 Å². The third-order valence-electron chi connectivity index (χ3n) is 10.3. The standard InChI is InChI=1S/C28H39N7O2/c1-18-17-34(14-13-32(18)3)23-10-9-20(16-29-23)35(5)22-15-28(22,2)24(19-7-6-8-19)25(27(35)37)31-26(36)21-11-12-30-33(21)4/h9-12,16,18-19,22,24-25H,6-8,13-15,17H2,1-5H3/p+1/t18?,22?,24?,25-,28?,35?/m0/s1. The highest BCUT2D eigenvalue weighted by atomic mass is 16.2. The lowest BCUT2D eigenvalue weighted by Crippen LogP contribution is -2.69. The van der Waals surface area contributed by atoms with Crippen molar-refractivity contribution in [3.05, 3.63) is 36.3 Å². The van der Waals surface area contributed by atoms with Crippen LogP contribution >= 0.6 is 0 Å². The summed E-state index contributed by atoms with van der Waals surface area (Å²) in [4.78, 5) is 37.3. The Bertz CT molecular complexity index is 1210. The zero-order valence-electron chi connectivity index (χ0n) is 22.7. The van der Waals surface area contributed by atoms with Crippen molar-refractivity contribution >= 4 is 23.3 Å². The molecule has 2 aliphatic heterocycles. The molecule has 2 aromatic rings. The number of nitrogens with zero attached hydrogens (tertiary/aromatic N) is 6. The first-order valence-electron chi connectivity index (χ1n) is 13.8. The lowest BCUT2D eigenvalue weighted by molar-refractivity contribution is -0.140. The van der Waals surface area contributed by atoms with Crippen LogP contribution < -0.4 is 14.7 Å². The van der Waals surface area contributed by atoms with E-state index in [1.165, 1.54) is 6.42 Å². The first kappa shape index (κ1) is 24.6. The molecule has 2 amide bonds. The molecule has 0 aromatic carbocycles. The predicted molar refractivity (Wildman–Crippen MR) is 143 cm³/mol. The lowest BCUT2D eigenvalue weighted by atomic mass is 9.64. The Morgan fingerprint density at radius 3 is 2.57 bits per heavy atom. The number of aryl methyl sites for hydroxylation is 1. The second-order valence-corrected chi connectivity index (χ2v) is 12.3. The maximum absolute atomic E-state index is 14.4. The predicted octanol–water partition coefficient (Wildman–Crippen LogP) is 2.43. The Morgan fingerprint density at radius 1 is 1.19 bits per heavy atom. The molecule has 2 aliphatic carbocycles. The van der Waals surface area contributed by atoms with Crippen molar-refractivity contribution in [2.75, 3.05) is 38.6 Å². The Morgan fingerprint density at radius 2 is 1.97 bits per heavy atom. The first-order chi connectivity index (χ1) is 17.6. The molecule has 0 spiro atoms. The maximum atomic E-state index is 14.4. The minimum absolute atomic E-state index is 0.0176. The molecule has 0 bridgehead atoms. The van der Waals surface area contributed by atoms with E-state index in [0.717, 1.165) is 50.4 Å². The van der Waals surface area contributed by atoms with Crippen molar-refractivity contribution in [1.29, 1.82) is 0 Å². The summed E-state index contributed by atoms with van der Waals surface area (Å²) in [5.74, 6) is 1.47. The number of piperazine rings is 1. The lowest BCUT2D eigenvalue weighted by Gasteiger charge is -2.49. The van der Waals surface area contributed by atoms with E-state index in [0.29, 0.717) is 17.7 Å². The van der Waals surface area contributed by atoms with Crippen LogP contribution in [0.4, 0.5) is 11.5 Å². The molecule has 9 nitrogen and oxygen atoms in total. The quantitative estimate of drug-likeness (QED) is 0.628. The number of carbonyl (C=O) groups excluding carboxylic acids is 2. The van der Waals surface area contributed by atoms with Gasteiger partial charge < -0.3 is 15.1 Å². The summed E-state index contributed by atoms with van der Waals surface area (Å²) in [6, 6.07) is 6.03. The number of likely N-dealkylation sites (N-methyl/N-ethyl adjacent to an activating group) is 2. The van der Waals surface area contributed by atoms with Gasteiger partial charge in [0.1, 0.15) is 23.6 Å². The molecule has 4 aliphatic rings. The zero-order valence-corrected chi connectivity index (χ0v) is 22.7. The van der Waals surface area contributed by atoms with Gasteiger partial charge in [-0.1, -0.05) is 26.2 Å². The molecule has 6 rings (SSSR count). The third-order valence-corrected chi connectivity index (χ3v) is 10.3. The van der Waals surface area contributed by atoms with E-state index in [1.54, 1.807) is 24.0 Å². The van der Waals surface area contributed by atoms with Crippen LogP contribution in [-0.4, -0.2) is 83.3 Å². The highest BCUT2D eigenvalue weighted by Crippen LogP contribution is 2.65. The molecule has 0 radical (unpaired) electrons. The largest absolute Gasteiger partial charge is 0.354 e. The van der Waals surface area contributed by atoms with Gasteiger partial charge in [-0.05, 0) is 32.0 Å². The molecule has 6 atom stereocenters. The number of hydrogen-bond acceptors (Lipinski definition) is 6. The summed E-state index contributed by atoms with van der Waals surface area (Å²) in [6.45, 7) is 7.48. The van der Waals surface area contributed by atoms with Gasteiger partial charge in [-0.3, -0.25) is 9.48 Å². The topological polar surface area (TPSA) is 83.4 Å². The molecule has 4 heterocycles. The smallest absolute Gasteiger partial charge is 0.341 e. The number of likely N-dealkylation sites (tertiary alicyclic amines) is 1. The first-order valence-corrected chi connectivity index (χ1v) is 13.8. The molecular formula is C28H40N7O2+. The van der Waals surface area contributed by atoms with Crippen LogP contribution in [0.25, 0.3) is 0 Å². The average Bonchev–Trinajstić information content (AvgIpc) is 3.38. The molecule has 2 aromatic heterocycles. The van der Waals surface area contributed by atoms with E-state index in [4.69, 9.17) is 4.98 Å². The van der Waals surface area contributed by atoms with Gasteiger partial charge >= 0.3 is 5.91 Å². The number of carbonyl (C=O) groups is 2. The van der Waals surface area contributed by atoms with E-state index in [2.05, 4.69) is 53.2 Å². The van der Waals surface area contributed by atoms with Crippen LogP contribution in [0.15, 0.2) is 30.6 Å². The molecule has 2 saturated carbocycles. The average molecular weight is 507 g/mol. The fourth-order valence-electron chi connectivity index (χ4n) is 7.44. The molecule has 2 saturated heterocycles. The maximum Gasteiger partial charge on any atom is 0.341 e. The fourth-order valence-corrected chi connectivity index (χ4v) is 7.44. The van der Waals surface area contributed by atoms with E-state index >= 15 is 0 Å². The minimum atomic E-state index is -0.528. The molecular weight excluding hydrogens is 466 g/mol. The second kappa shape index (κ2) is 8.63. The number of fused-ring (bicyclic) bond motifs is 1. The van der Waals surface area contributed by atoms with Crippen molar-refractivity contribution in [2.45, 2.75) is 57.7 Å². The molecule has 1 N–H and O–H groups in total. The number of anilines is 1. The zero-order chi connectivity index (χ0) is 26.1. The van der Waals surface area contributed by atoms with Crippen molar-refractivity contribution < 1.29 is 9.59 Å². The SMILES string of the molecule is CC1CN(c2ccc([N+]3(C)C(=O)[C@@H](NC(=O)c4ccnn4C)C(C4CCC4)C4(C)CC43)cn2)CCN1C. The summed E-state index contributed by atoms with van der Waals surface area (Å²) < 4.78 is 1.76. The van der Waals surface area contributed by atoms with Gasteiger partial charge in [0.25, 0.3) is 5.91 Å². The van der Waals surface area contributed by atoms with Gasteiger partial charge in [0.05, 0.1) is 13.2 Å². The van der Waals surface area contributed by atoms with E-state index in [9.17, 15) is 9.59 Å². The van der Waals surface area contributed by atoms with Crippen molar-refractivity contribution in [2.24, 2.45) is 24.3 Å². The van der Waals surface area contributed by atoms with Crippen LogP contribution in [0.1, 0.15) is 50.0 Å². The Kier molecular flexibility index (Phi) is 5.73. The Balaban J connectivity index is 1.31. The van der Waals surface area contributed by atoms with E-state index in [1.807, 2.05) is 13.2 Å². The Labute approximate surface area is 219 Å². The third kappa shape index (κ3) is 3.73. The van der Waals surface area contributed by atoms with Crippen LogP contribution in [0, 0.1) is 17.3 Å². The summed E-state index contributed by atoms with van der Waals surface area (Å²) in [6.07, 6.45) is 8.00. The number of piperidine rings is 1. The molecule has 198 valence electrons. The van der Waals surface area contributed by atoms with Crippen LogP contribution in [0.3, 0.4) is 0 Å². The summed E-state index contributed by atoms with van der Waals surface area (Å²) in [5.41, 5.74) is 1.41. The Hall–Kier alpha value is -2.78. The highest BCUT2D eigenvalue weighted by molar-refractivity contribution is 6.01. The number of aromatic nitrogens is 3. The molecule has 4 fully saturated rings. The second-order valence-electron chi connectivity index (χ2n) is 12.3. The van der Waals surface area contributed by atoms with Gasteiger partial charge in [0.2, 0.25) is 0 Å². The number of nitrogens with one attached hydrogen (secondary N) is 1. The number of quaternary nitrogens is 1. The van der Waals surface area contributed by atoms with Gasteiger partial charge in [0.15, 0.2) is 5.69 Å². The molecule has 5 unspecified atom stereocenters. The number of hydrogen-bond donors (Lipinski definition) is 1. The normalized spacial score (nSPS) is 36.1. The van der Waals surface area contributed by atoms with E-state index in [-0.39, 0.29) is 33.7 Å². The van der Waals surface area contributed by atoms with E-state index < -0.39 is 6.04 Å². The number of rotatable bonds is 5. The minimum Gasteiger partial charge on any atom is -0.354 e. The van der Waals surface area contributed by atoms with Crippen LogP contribution in [0.2, 0.25) is 0 Å². The molecule has 37 heavy (non-hydrogen) atoms. The van der Waals surface area contributed by atoms with Crippen LogP contribution in [-0.2, 0) is 11.8 Å². The van der Waals surface area contributed by atoms with Crippen molar-refractivity contribution in [3.63, 3.8) is 0 Å². The van der Waals surface area contributed by atoms with Crippen molar-refractivity contribution in [1.82, 2.24) is 29.5 Å². The number of pyridine rings is 1. The monoisotopic (exact) mass is 506 g/mol.